The van der Waals surface area contributed by atoms with Gasteiger partial charge in [0, 0.05) is 5.69 Å². The summed E-state index contributed by atoms with van der Waals surface area (Å²) in [6.07, 6.45) is 0. The van der Waals surface area contributed by atoms with Gasteiger partial charge in [-0.25, -0.2) is 4.39 Å². The maximum absolute atomic E-state index is 13.6. The molecule has 186 valence electrons. The minimum absolute atomic E-state index is 0.146. The van der Waals surface area contributed by atoms with E-state index in [1.54, 1.807) is 24.3 Å². The monoisotopic (exact) mass is 527 g/mol. The molecule has 0 radical (unpaired) electrons. The van der Waals surface area contributed by atoms with Gasteiger partial charge in [-0.2, -0.15) is 0 Å². The summed E-state index contributed by atoms with van der Waals surface area (Å²) >= 11 is 12.4. The van der Waals surface area contributed by atoms with Gasteiger partial charge in [0.2, 0.25) is 0 Å². The molecule has 1 amide bonds. The molecule has 1 fully saturated rings. The van der Waals surface area contributed by atoms with Crippen LogP contribution in [-0.2, 0) is 15.0 Å². The van der Waals surface area contributed by atoms with Crippen LogP contribution in [0.3, 0.4) is 0 Å². The van der Waals surface area contributed by atoms with Crippen LogP contribution in [0.2, 0.25) is 10.0 Å². The molecule has 1 aliphatic heterocycles. The Bertz CT molecular complexity index is 1390. The smallest absolute Gasteiger partial charge is 0.300 e. The fourth-order valence-electron chi connectivity index (χ4n) is 4.20. The number of benzene rings is 3. The molecule has 1 unspecified atom stereocenters. The van der Waals surface area contributed by atoms with Crippen LogP contribution in [0.5, 0.6) is 5.75 Å². The zero-order chi connectivity index (χ0) is 26.4. The summed E-state index contributed by atoms with van der Waals surface area (Å²) in [4.78, 5) is 27.9. The lowest BCUT2D eigenvalue weighted by Gasteiger charge is -2.26. The van der Waals surface area contributed by atoms with E-state index in [2.05, 4.69) is 0 Å². The van der Waals surface area contributed by atoms with Crippen molar-refractivity contribution in [2.45, 2.75) is 32.2 Å². The van der Waals surface area contributed by atoms with Crippen LogP contribution >= 0.6 is 23.2 Å². The van der Waals surface area contributed by atoms with Gasteiger partial charge in [-0.1, -0.05) is 56.1 Å². The number of ether oxygens (including phenoxy) is 1. The molecule has 0 aromatic heterocycles. The van der Waals surface area contributed by atoms with Crippen LogP contribution in [0.15, 0.2) is 66.2 Å². The number of aliphatic hydroxyl groups excluding tert-OH is 1. The third-order valence-corrected chi connectivity index (χ3v) is 6.87. The van der Waals surface area contributed by atoms with E-state index < -0.39 is 29.3 Å². The molecule has 1 aliphatic rings. The van der Waals surface area contributed by atoms with Crippen molar-refractivity contribution in [2.24, 2.45) is 0 Å². The second-order valence-electron chi connectivity index (χ2n) is 9.48. The minimum Gasteiger partial charge on any atom is -0.507 e. The van der Waals surface area contributed by atoms with E-state index in [4.69, 9.17) is 27.9 Å². The van der Waals surface area contributed by atoms with Crippen molar-refractivity contribution in [3.63, 3.8) is 0 Å². The zero-order valence-electron chi connectivity index (χ0n) is 20.1. The Kier molecular flexibility index (Phi) is 6.86. The number of carbonyl (C=O) groups excluding carboxylic acids is 2. The van der Waals surface area contributed by atoms with Gasteiger partial charge in [-0.05, 0) is 65.1 Å². The second kappa shape index (κ2) is 9.60. The average Bonchev–Trinajstić information content (AvgIpc) is 3.10. The van der Waals surface area contributed by atoms with Crippen LogP contribution < -0.4 is 9.64 Å². The predicted octanol–water partition coefficient (Wildman–Crippen LogP) is 7.06. The second-order valence-corrected chi connectivity index (χ2v) is 10.3. The van der Waals surface area contributed by atoms with Crippen molar-refractivity contribution in [2.75, 3.05) is 12.0 Å². The van der Waals surface area contributed by atoms with Gasteiger partial charge in [0.25, 0.3) is 11.7 Å². The number of rotatable bonds is 4. The maximum atomic E-state index is 13.6. The number of amides is 1. The highest BCUT2D eigenvalue weighted by molar-refractivity contribution is 6.52. The van der Waals surface area contributed by atoms with Crippen molar-refractivity contribution in [1.82, 2.24) is 0 Å². The Hall–Kier alpha value is -3.35. The first kappa shape index (κ1) is 25.7. The molecule has 0 saturated carbocycles. The Morgan fingerprint density at radius 1 is 0.972 bits per heavy atom. The molecule has 8 heteroatoms. The van der Waals surface area contributed by atoms with Crippen molar-refractivity contribution in [3.05, 3.63) is 98.8 Å². The standard InChI is InChI=1S/C28H24Cl2FNO4/c1-28(2,3)16-6-12-22(36-4)19(14-16)25(33)23-24(15-5-11-20(29)21(30)13-15)32(27(35)26(23)34)18-9-7-17(31)8-10-18/h5-14,24,33H,1-4H3/b25-23+. The van der Waals surface area contributed by atoms with Crippen molar-refractivity contribution in [3.8, 4) is 5.75 Å². The number of methoxy groups -OCH3 is 1. The molecule has 1 atom stereocenters. The summed E-state index contributed by atoms with van der Waals surface area (Å²) in [5, 5.41) is 12.1. The molecule has 1 heterocycles. The largest absolute Gasteiger partial charge is 0.507 e. The summed E-state index contributed by atoms with van der Waals surface area (Å²) in [5.41, 5.74) is 1.48. The number of hydrogen-bond donors (Lipinski definition) is 1. The van der Waals surface area contributed by atoms with E-state index in [1.165, 1.54) is 42.3 Å². The zero-order valence-corrected chi connectivity index (χ0v) is 21.6. The molecule has 1 saturated heterocycles. The first-order chi connectivity index (χ1) is 16.9. The minimum atomic E-state index is -1.05. The van der Waals surface area contributed by atoms with E-state index in [1.807, 2.05) is 26.8 Å². The lowest BCUT2D eigenvalue weighted by molar-refractivity contribution is -0.132. The number of nitrogens with zero attached hydrogens (tertiary/aromatic N) is 1. The van der Waals surface area contributed by atoms with E-state index in [-0.39, 0.29) is 27.3 Å². The first-order valence-corrected chi connectivity index (χ1v) is 11.9. The molecular formula is C28H24Cl2FNO4. The van der Waals surface area contributed by atoms with Crippen LogP contribution in [0.4, 0.5) is 10.1 Å². The molecule has 3 aromatic carbocycles. The van der Waals surface area contributed by atoms with Crippen molar-refractivity contribution < 1.29 is 23.8 Å². The Labute approximate surface area is 218 Å². The summed E-state index contributed by atoms with van der Waals surface area (Å²) in [6, 6.07) is 14.2. The van der Waals surface area contributed by atoms with Crippen molar-refractivity contribution >= 4 is 46.3 Å². The maximum Gasteiger partial charge on any atom is 0.300 e. The lowest BCUT2D eigenvalue weighted by Crippen LogP contribution is -2.29. The number of ketones is 1. The van der Waals surface area contributed by atoms with Crippen LogP contribution in [0, 0.1) is 5.82 Å². The third-order valence-electron chi connectivity index (χ3n) is 6.13. The van der Waals surface area contributed by atoms with E-state index in [9.17, 15) is 19.1 Å². The van der Waals surface area contributed by atoms with Gasteiger partial charge in [0.1, 0.15) is 17.3 Å². The average molecular weight is 528 g/mol. The highest BCUT2D eigenvalue weighted by Gasteiger charge is 2.47. The SMILES string of the molecule is COc1ccc(C(C)(C)C)cc1/C(O)=C1\C(=O)C(=O)N(c2ccc(F)cc2)C1c1ccc(Cl)c(Cl)c1. The van der Waals surface area contributed by atoms with Crippen LogP contribution in [0.1, 0.15) is 43.5 Å². The lowest BCUT2D eigenvalue weighted by atomic mass is 9.85. The normalized spacial score (nSPS) is 17.5. The molecule has 5 nitrogen and oxygen atoms in total. The summed E-state index contributed by atoms with van der Waals surface area (Å²) in [6.45, 7) is 6.05. The fourth-order valence-corrected chi connectivity index (χ4v) is 4.51. The third kappa shape index (κ3) is 4.59. The van der Waals surface area contributed by atoms with Gasteiger partial charge in [-0.15, -0.1) is 0 Å². The molecule has 0 aliphatic carbocycles. The van der Waals surface area contributed by atoms with Crippen molar-refractivity contribution in [1.29, 1.82) is 0 Å². The number of Topliss-reactive ketones (excluding diaryl/α,β-unsaturated/α-hetero) is 1. The van der Waals surface area contributed by atoms with Gasteiger partial charge < -0.3 is 9.84 Å². The molecule has 4 rings (SSSR count). The topological polar surface area (TPSA) is 66.8 Å². The van der Waals surface area contributed by atoms with Crippen LogP contribution in [0.25, 0.3) is 5.76 Å². The first-order valence-electron chi connectivity index (χ1n) is 11.1. The molecule has 0 bridgehead atoms. The molecule has 1 N–H and O–H groups in total. The Morgan fingerprint density at radius 2 is 1.64 bits per heavy atom. The highest BCUT2D eigenvalue weighted by atomic mass is 35.5. The van der Waals surface area contributed by atoms with E-state index in [0.717, 1.165) is 5.56 Å². The summed E-state index contributed by atoms with van der Waals surface area (Å²) in [7, 11) is 1.45. The van der Waals surface area contributed by atoms with E-state index >= 15 is 0 Å². The fraction of sp³-hybridized carbons (Fsp3) is 0.214. The number of aliphatic hydroxyl groups is 1. The van der Waals surface area contributed by atoms with Gasteiger partial charge in [0.15, 0.2) is 0 Å². The molecular weight excluding hydrogens is 504 g/mol. The van der Waals surface area contributed by atoms with Gasteiger partial charge >= 0.3 is 0 Å². The number of hydrogen-bond acceptors (Lipinski definition) is 4. The highest BCUT2D eigenvalue weighted by Crippen LogP contribution is 2.44. The molecule has 36 heavy (non-hydrogen) atoms. The number of anilines is 1. The molecule has 3 aromatic rings. The van der Waals surface area contributed by atoms with Gasteiger partial charge in [-0.3, -0.25) is 14.5 Å². The van der Waals surface area contributed by atoms with E-state index in [0.29, 0.717) is 16.3 Å². The summed E-state index contributed by atoms with van der Waals surface area (Å²) < 4.78 is 19.1. The number of halogens is 3. The van der Waals surface area contributed by atoms with Crippen LogP contribution in [-0.4, -0.2) is 23.9 Å². The quantitative estimate of drug-likeness (QED) is 0.224. The Balaban J connectivity index is 2.01. The number of carbonyl (C=O) groups is 2. The summed E-state index contributed by atoms with van der Waals surface area (Å²) in [5.74, 6) is -2.32. The predicted molar refractivity (Wildman–Crippen MR) is 139 cm³/mol. The molecule has 0 spiro atoms. The van der Waals surface area contributed by atoms with Gasteiger partial charge in [0.05, 0.1) is 34.3 Å². The Morgan fingerprint density at radius 3 is 2.22 bits per heavy atom.